The van der Waals surface area contributed by atoms with Crippen LogP contribution in [0, 0.1) is 21.4 Å². The van der Waals surface area contributed by atoms with Gasteiger partial charge in [0.15, 0.2) is 5.58 Å². The molecule has 0 N–H and O–H groups in total. The number of amides is 1. The highest BCUT2D eigenvalue weighted by Gasteiger charge is 2.21. The van der Waals surface area contributed by atoms with Crippen molar-refractivity contribution in [2.45, 2.75) is 33.0 Å². The molecule has 9 heteroatoms. The zero-order valence-electron chi connectivity index (χ0n) is 15.9. The topological polar surface area (TPSA) is 122 Å². The molecular formula is C20H18N4O5. The van der Waals surface area contributed by atoms with Crippen LogP contribution >= 0.6 is 0 Å². The molecule has 0 radical (unpaired) electrons. The van der Waals surface area contributed by atoms with Gasteiger partial charge >= 0.3 is 5.76 Å². The van der Waals surface area contributed by atoms with Gasteiger partial charge in [-0.05, 0) is 37.6 Å². The van der Waals surface area contributed by atoms with Crippen LogP contribution in [-0.4, -0.2) is 26.3 Å². The summed E-state index contributed by atoms with van der Waals surface area (Å²) in [5.74, 6) is -1.05. The Bertz CT molecular complexity index is 1170. The van der Waals surface area contributed by atoms with Crippen molar-refractivity contribution in [2.24, 2.45) is 0 Å². The molecule has 1 heterocycles. The van der Waals surface area contributed by atoms with E-state index in [2.05, 4.69) is 0 Å². The van der Waals surface area contributed by atoms with E-state index in [9.17, 15) is 19.7 Å². The van der Waals surface area contributed by atoms with Crippen molar-refractivity contribution in [3.05, 3.63) is 74.3 Å². The van der Waals surface area contributed by atoms with E-state index in [1.165, 1.54) is 12.1 Å². The Morgan fingerprint density at radius 2 is 1.97 bits per heavy atom. The normalized spacial score (nSPS) is 10.8. The van der Waals surface area contributed by atoms with Crippen molar-refractivity contribution < 1.29 is 14.1 Å². The molecule has 0 aliphatic heterocycles. The van der Waals surface area contributed by atoms with Gasteiger partial charge in [-0.2, -0.15) is 5.26 Å². The Hall–Kier alpha value is -3.93. The lowest BCUT2D eigenvalue weighted by molar-refractivity contribution is -0.384. The smallest absolute Gasteiger partial charge is 0.407 e. The van der Waals surface area contributed by atoms with E-state index in [4.69, 9.17) is 9.68 Å². The predicted molar refractivity (Wildman–Crippen MR) is 104 cm³/mol. The highest BCUT2D eigenvalue weighted by Crippen LogP contribution is 2.20. The first-order valence-corrected chi connectivity index (χ1v) is 8.86. The fourth-order valence-corrected chi connectivity index (χ4v) is 2.98. The number of hydrogen-bond donors (Lipinski definition) is 0. The van der Waals surface area contributed by atoms with Crippen LogP contribution in [0.3, 0.4) is 0 Å². The van der Waals surface area contributed by atoms with Gasteiger partial charge in [0.1, 0.15) is 6.54 Å². The molecule has 9 nitrogen and oxygen atoms in total. The van der Waals surface area contributed by atoms with E-state index in [1.54, 1.807) is 29.2 Å². The Morgan fingerprint density at radius 3 is 2.55 bits per heavy atom. The van der Waals surface area contributed by atoms with Gasteiger partial charge in [-0.3, -0.25) is 19.5 Å². The average Bonchev–Trinajstić information content (AvgIpc) is 3.00. The summed E-state index contributed by atoms with van der Waals surface area (Å²) in [4.78, 5) is 37.0. The van der Waals surface area contributed by atoms with Gasteiger partial charge in [0.2, 0.25) is 5.91 Å². The first-order chi connectivity index (χ1) is 13.8. The van der Waals surface area contributed by atoms with Crippen LogP contribution in [0.1, 0.15) is 25.0 Å². The molecule has 3 rings (SSSR count). The number of aromatic nitrogens is 1. The predicted octanol–water partition coefficient (Wildman–Crippen LogP) is 2.81. The van der Waals surface area contributed by atoms with Crippen LogP contribution in [-0.2, 0) is 17.9 Å². The van der Waals surface area contributed by atoms with Gasteiger partial charge in [-0.25, -0.2) is 4.79 Å². The molecule has 29 heavy (non-hydrogen) atoms. The van der Waals surface area contributed by atoms with E-state index < -0.39 is 10.7 Å². The fraction of sp³-hybridized carbons (Fsp3) is 0.250. The number of rotatable bonds is 6. The van der Waals surface area contributed by atoms with E-state index in [0.29, 0.717) is 17.6 Å². The van der Waals surface area contributed by atoms with E-state index in [-0.39, 0.29) is 29.8 Å². The summed E-state index contributed by atoms with van der Waals surface area (Å²) in [6.07, 6.45) is 0. The van der Waals surface area contributed by atoms with Crippen LogP contribution < -0.4 is 5.76 Å². The summed E-state index contributed by atoms with van der Waals surface area (Å²) in [5, 5.41) is 19.8. The molecule has 0 saturated carbocycles. The van der Waals surface area contributed by atoms with Gasteiger partial charge in [0, 0.05) is 18.7 Å². The maximum atomic E-state index is 12.9. The number of nitro benzene ring substituents is 1. The first-order valence-electron chi connectivity index (χ1n) is 8.86. The lowest BCUT2D eigenvalue weighted by Crippen LogP contribution is -2.39. The van der Waals surface area contributed by atoms with Gasteiger partial charge in [0.05, 0.1) is 28.1 Å². The standard InChI is InChI=1S/C20H18N4O5/c1-13(2)22(11-15-5-3-14(10-21)4-6-15)19(25)12-23-17-8-7-16(24(27)28)9-18(17)29-20(23)26/h3-9,13H,11-12H2,1-2H3. The SMILES string of the molecule is CC(C)N(Cc1ccc(C#N)cc1)C(=O)Cn1c(=O)oc2cc([N+](=O)[O-])ccc21. The van der Waals surface area contributed by atoms with E-state index >= 15 is 0 Å². The van der Waals surface area contributed by atoms with Gasteiger partial charge in [-0.1, -0.05) is 12.1 Å². The second-order valence-corrected chi connectivity index (χ2v) is 6.79. The van der Waals surface area contributed by atoms with Crippen LogP contribution in [0.4, 0.5) is 5.69 Å². The molecular weight excluding hydrogens is 376 g/mol. The minimum Gasteiger partial charge on any atom is -0.407 e. The summed E-state index contributed by atoms with van der Waals surface area (Å²) in [6, 6.07) is 12.6. The number of oxazole rings is 1. The second kappa shape index (κ2) is 7.98. The van der Waals surface area contributed by atoms with Crippen LogP contribution in [0.2, 0.25) is 0 Å². The van der Waals surface area contributed by atoms with Crippen molar-refractivity contribution in [3.63, 3.8) is 0 Å². The minimum atomic E-state index is -0.754. The summed E-state index contributed by atoms with van der Waals surface area (Å²) in [7, 11) is 0. The van der Waals surface area contributed by atoms with Gasteiger partial charge < -0.3 is 9.32 Å². The third-order valence-corrected chi connectivity index (χ3v) is 4.54. The van der Waals surface area contributed by atoms with Crippen LogP contribution in [0.15, 0.2) is 51.7 Å². The summed E-state index contributed by atoms with van der Waals surface area (Å²) >= 11 is 0. The van der Waals surface area contributed by atoms with E-state index in [0.717, 1.165) is 16.2 Å². The zero-order chi connectivity index (χ0) is 21.1. The second-order valence-electron chi connectivity index (χ2n) is 6.79. The van der Waals surface area contributed by atoms with Crippen LogP contribution in [0.25, 0.3) is 11.1 Å². The summed E-state index contributed by atoms with van der Waals surface area (Å²) in [6.45, 7) is 3.79. The molecule has 1 aromatic heterocycles. The third kappa shape index (κ3) is 4.16. The maximum Gasteiger partial charge on any atom is 0.420 e. The third-order valence-electron chi connectivity index (χ3n) is 4.54. The summed E-state index contributed by atoms with van der Waals surface area (Å²) in [5.41, 5.74) is 1.55. The number of nitriles is 1. The highest BCUT2D eigenvalue weighted by atomic mass is 16.6. The Labute approximate surface area is 165 Å². The van der Waals surface area contributed by atoms with E-state index in [1.807, 2.05) is 19.9 Å². The number of carbonyl (C=O) groups excluding carboxylic acids is 1. The summed E-state index contributed by atoms with van der Waals surface area (Å²) < 4.78 is 6.24. The number of nitro groups is 1. The van der Waals surface area contributed by atoms with Crippen molar-refractivity contribution in [1.29, 1.82) is 5.26 Å². The molecule has 0 fully saturated rings. The molecule has 0 saturated heterocycles. The molecule has 2 aromatic carbocycles. The molecule has 0 bridgehead atoms. The Kier molecular flexibility index (Phi) is 5.45. The molecule has 0 spiro atoms. The van der Waals surface area contributed by atoms with Gasteiger partial charge in [0.25, 0.3) is 5.69 Å². The molecule has 0 unspecified atom stereocenters. The van der Waals surface area contributed by atoms with Crippen LogP contribution in [0.5, 0.6) is 0 Å². The minimum absolute atomic E-state index is 0.0557. The fourth-order valence-electron chi connectivity index (χ4n) is 2.98. The molecule has 3 aromatic rings. The number of non-ortho nitro benzene ring substituents is 1. The largest absolute Gasteiger partial charge is 0.420 e. The monoisotopic (exact) mass is 394 g/mol. The zero-order valence-corrected chi connectivity index (χ0v) is 15.9. The lowest BCUT2D eigenvalue weighted by Gasteiger charge is -2.27. The van der Waals surface area contributed by atoms with Crippen molar-refractivity contribution in [2.75, 3.05) is 0 Å². The van der Waals surface area contributed by atoms with Crippen molar-refractivity contribution in [3.8, 4) is 6.07 Å². The van der Waals surface area contributed by atoms with Crippen molar-refractivity contribution in [1.82, 2.24) is 9.47 Å². The number of hydrogen-bond acceptors (Lipinski definition) is 6. The van der Waals surface area contributed by atoms with Gasteiger partial charge in [-0.15, -0.1) is 0 Å². The molecule has 1 amide bonds. The molecule has 0 aliphatic rings. The number of benzene rings is 2. The Balaban J connectivity index is 1.86. The average molecular weight is 394 g/mol. The molecule has 0 atom stereocenters. The number of fused-ring (bicyclic) bond motifs is 1. The highest BCUT2D eigenvalue weighted by molar-refractivity contribution is 5.81. The molecule has 148 valence electrons. The quantitative estimate of drug-likeness (QED) is 0.468. The van der Waals surface area contributed by atoms with Crippen molar-refractivity contribution >= 4 is 22.7 Å². The molecule has 0 aliphatic carbocycles. The Morgan fingerprint density at radius 1 is 1.28 bits per heavy atom. The number of nitrogens with zero attached hydrogens (tertiary/aromatic N) is 4. The number of carbonyl (C=O) groups is 1. The lowest BCUT2D eigenvalue weighted by atomic mass is 10.1. The maximum absolute atomic E-state index is 12.9. The first kappa shape index (κ1) is 19.8.